The van der Waals surface area contributed by atoms with Gasteiger partial charge in [0.2, 0.25) is 5.91 Å². The van der Waals surface area contributed by atoms with Crippen molar-refractivity contribution in [1.29, 1.82) is 0 Å². The molecule has 0 heterocycles. The average molecular weight is 275 g/mol. The zero-order valence-electron chi connectivity index (χ0n) is 11.3. The predicted octanol–water partition coefficient (Wildman–Crippen LogP) is 1.52. The Morgan fingerprint density at radius 2 is 2.11 bits per heavy atom. The van der Waals surface area contributed by atoms with Crippen LogP contribution in [-0.4, -0.2) is 60.3 Å². The third-order valence-electron chi connectivity index (χ3n) is 3.33. The molecule has 0 aromatic rings. The minimum absolute atomic E-state index is 0.0605. The maximum atomic E-state index is 12.1. The van der Waals surface area contributed by atoms with Crippen LogP contribution in [0.5, 0.6) is 0 Å². The lowest BCUT2D eigenvalue weighted by Crippen LogP contribution is -2.44. The van der Waals surface area contributed by atoms with Gasteiger partial charge in [-0.1, -0.05) is 19.3 Å². The molecule has 0 radical (unpaired) electrons. The van der Waals surface area contributed by atoms with Gasteiger partial charge in [-0.05, 0) is 12.8 Å². The fourth-order valence-electron chi connectivity index (χ4n) is 2.40. The van der Waals surface area contributed by atoms with Crippen LogP contribution in [0.25, 0.3) is 0 Å². The Labute approximate surface area is 114 Å². The summed E-state index contributed by atoms with van der Waals surface area (Å²) in [6.07, 6.45) is 5.87. The topological polar surface area (TPSA) is 49.8 Å². The van der Waals surface area contributed by atoms with Gasteiger partial charge in [-0.2, -0.15) is 0 Å². The number of aliphatic hydroxyl groups excluding tert-OH is 1. The van der Waals surface area contributed by atoms with E-state index >= 15 is 0 Å². The van der Waals surface area contributed by atoms with E-state index in [-0.39, 0.29) is 12.5 Å². The minimum atomic E-state index is 0.0605. The van der Waals surface area contributed by atoms with E-state index in [9.17, 15) is 4.79 Å². The molecule has 0 saturated heterocycles. The summed E-state index contributed by atoms with van der Waals surface area (Å²) in [6, 6.07) is 0.349. The SMILES string of the molecule is COCCSCC(=O)N(CCO)C1CCCCC1. The molecule has 0 atom stereocenters. The van der Waals surface area contributed by atoms with Crippen molar-refractivity contribution >= 4 is 17.7 Å². The number of hydrogen-bond acceptors (Lipinski definition) is 4. The molecule has 1 amide bonds. The maximum Gasteiger partial charge on any atom is 0.232 e. The van der Waals surface area contributed by atoms with Gasteiger partial charge in [-0.3, -0.25) is 4.79 Å². The number of hydrogen-bond donors (Lipinski definition) is 1. The Hall–Kier alpha value is -0.260. The summed E-state index contributed by atoms with van der Waals surface area (Å²) in [7, 11) is 1.67. The second kappa shape index (κ2) is 9.64. The third kappa shape index (κ3) is 5.59. The molecule has 1 N–H and O–H groups in total. The van der Waals surface area contributed by atoms with Gasteiger partial charge in [0.05, 0.1) is 19.0 Å². The van der Waals surface area contributed by atoms with Gasteiger partial charge in [0.1, 0.15) is 0 Å². The lowest BCUT2D eigenvalue weighted by molar-refractivity contribution is -0.131. The first kappa shape index (κ1) is 15.8. The number of ether oxygens (including phenoxy) is 1. The van der Waals surface area contributed by atoms with Gasteiger partial charge < -0.3 is 14.7 Å². The number of amides is 1. The molecule has 0 bridgehead atoms. The highest BCUT2D eigenvalue weighted by molar-refractivity contribution is 7.99. The molecule has 0 aromatic carbocycles. The van der Waals surface area contributed by atoms with Crippen molar-refractivity contribution in [1.82, 2.24) is 4.90 Å². The van der Waals surface area contributed by atoms with Crippen LogP contribution >= 0.6 is 11.8 Å². The summed E-state index contributed by atoms with van der Waals surface area (Å²) in [5.74, 6) is 1.51. The molecule has 106 valence electrons. The van der Waals surface area contributed by atoms with Crippen molar-refractivity contribution in [2.24, 2.45) is 0 Å². The lowest BCUT2D eigenvalue weighted by atomic mass is 9.94. The molecule has 1 saturated carbocycles. The van der Waals surface area contributed by atoms with Crippen LogP contribution in [0.4, 0.5) is 0 Å². The second-order valence-corrected chi connectivity index (χ2v) is 5.75. The standard InChI is InChI=1S/C13H25NO3S/c1-17-9-10-18-11-13(16)14(7-8-15)12-5-3-2-4-6-12/h12,15H,2-11H2,1H3. The zero-order chi connectivity index (χ0) is 13.2. The maximum absolute atomic E-state index is 12.1. The molecule has 0 unspecified atom stereocenters. The Balaban J connectivity index is 2.36. The lowest BCUT2D eigenvalue weighted by Gasteiger charge is -2.34. The third-order valence-corrected chi connectivity index (χ3v) is 4.24. The smallest absolute Gasteiger partial charge is 0.232 e. The number of nitrogens with zero attached hydrogens (tertiary/aromatic N) is 1. The van der Waals surface area contributed by atoms with Crippen LogP contribution < -0.4 is 0 Å². The monoisotopic (exact) mass is 275 g/mol. The van der Waals surface area contributed by atoms with E-state index in [4.69, 9.17) is 9.84 Å². The molecule has 1 rings (SSSR count). The molecule has 18 heavy (non-hydrogen) atoms. The Morgan fingerprint density at radius 3 is 2.72 bits per heavy atom. The van der Waals surface area contributed by atoms with Gasteiger partial charge >= 0.3 is 0 Å². The summed E-state index contributed by atoms with van der Waals surface area (Å²) in [6.45, 7) is 1.22. The number of rotatable bonds is 8. The number of carbonyl (C=O) groups excluding carboxylic acids is 1. The Morgan fingerprint density at radius 1 is 1.39 bits per heavy atom. The first-order chi connectivity index (χ1) is 8.79. The molecule has 1 fully saturated rings. The van der Waals surface area contributed by atoms with Crippen LogP contribution in [-0.2, 0) is 9.53 Å². The zero-order valence-corrected chi connectivity index (χ0v) is 12.1. The van der Waals surface area contributed by atoms with Crippen LogP contribution in [0.2, 0.25) is 0 Å². The Bertz CT molecular complexity index is 232. The number of methoxy groups -OCH3 is 1. The first-order valence-corrected chi connectivity index (χ1v) is 7.92. The van der Waals surface area contributed by atoms with Crippen LogP contribution in [0, 0.1) is 0 Å². The van der Waals surface area contributed by atoms with E-state index in [0.29, 0.717) is 24.9 Å². The van der Waals surface area contributed by atoms with Crippen molar-refractivity contribution < 1.29 is 14.6 Å². The quantitative estimate of drug-likeness (QED) is 0.682. The van der Waals surface area contributed by atoms with E-state index in [1.54, 1.807) is 18.9 Å². The molecular weight excluding hydrogens is 250 g/mol. The van der Waals surface area contributed by atoms with Gasteiger partial charge in [0, 0.05) is 25.4 Å². The summed E-state index contributed by atoms with van der Waals surface area (Å²) in [5.41, 5.74) is 0. The van der Waals surface area contributed by atoms with Gasteiger partial charge in [0.15, 0.2) is 0 Å². The van der Waals surface area contributed by atoms with Crippen LogP contribution in [0.3, 0.4) is 0 Å². The molecular formula is C13H25NO3S. The fraction of sp³-hybridized carbons (Fsp3) is 0.923. The number of thioether (sulfide) groups is 1. The number of carbonyl (C=O) groups is 1. The van der Waals surface area contributed by atoms with Gasteiger partial charge in [-0.25, -0.2) is 0 Å². The molecule has 1 aliphatic rings. The van der Waals surface area contributed by atoms with E-state index < -0.39 is 0 Å². The summed E-state index contributed by atoms with van der Waals surface area (Å²) < 4.78 is 4.96. The predicted molar refractivity (Wildman–Crippen MR) is 74.9 cm³/mol. The van der Waals surface area contributed by atoms with Gasteiger partial charge in [-0.15, -0.1) is 11.8 Å². The summed E-state index contributed by atoms with van der Waals surface area (Å²) in [4.78, 5) is 14.0. The molecule has 4 nitrogen and oxygen atoms in total. The van der Waals surface area contributed by atoms with Crippen LogP contribution in [0.15, 0.2) is 0 Å². The van der Waals surface area contributed by atoms with E-state index in [1.807, 2.05) is 4.90 Å². The number of aliphatic hydroxyl groups is 1. The molecule has 0 spiro atoms. The minimum Gasteiger partial charge on any atom is -0.395 e. The average Bonchev–Trinajstić information content (AvgIpc) is 2.41. The van der Waals surface area contributed by atoms with E-state index in [1.165, 1.54) is 19.3 Å². The highest BCUT2D eigenvalue weighted by atomic mass is 32.2. The van der Waals surface area contributed by atoms with E-state index in [2.05, 4.69) is 0 Å². The molecule has 5 heteroatoms. The second-order valence-electron chi connectivity index (χ2n) is 4.65. The Kier molecular flexibility index (Phi) is 8.46. The fourth-order valence-corrected chi connectivity index (χ4v) is 3.17. The van der Waals surface area contributed by atoms with Crippen molar-refractivity contribution in [2.45, 2.75) is 38.1 Å². The van der Waals surface area contributed by atoms with Gasteiger partial charge in [0.25, 0.3) is 0 Å². The van der Waals surface area contributed by atoms with Crippen molar-refractivity contribution in [3.8, 4) is 0 Å². The van der Waals surface area contributed by atoms with E-state index in [0.717, 1.165) is 18.6 Å². The van der Waals surface area contributed by atoms with Crippen LogP contribution in [0.1, 0.15) is 32.1 Å². The normalized spacial score (nSPS) is 16.8. The van der Waals surface area contributed by atoms with Crippen molar-refractivity contribution in [3.63, 3.8) is 0 Å². The highest BCUT2D eigenvalue weighted by Crippen LogP contribution is 2.23. The molecule has 1 aliphatic carbocycles. The summed E-state index contributed by atoms with van der Waals surface area (Å²) in [5, 5.41) is 9.11. The van der Waals surface area contributed by atoms with Crippen molar-refractivity contribution in [3.05, 3.63) is 0 Å². The molecule has 0 aromatic heterocycles. The highest BCUT2D eigenvalue weighted by Gasteiger charge is 2.24. The largest absolute Gasteiger partial charge is 0.395 e. The van der Waals surface area contributed by atoms with Crippen molar-refractivity contribution in [2.75, 3.05) is 38.4 Å². The summed E-state index contributed by atoms with van der Waals surface area (Å²) >= 11 is 1.61. The molecule has 0 aliphatic heterocycles. The first-order valence-electron chi connectivity index (χ1n) is 6.76.